The lowest BCUT2D eigenvalue weighted by Crippen LogP contribution is -2.51. The third-order valence-corrected chi connectivity index (χ3v) is 5.45. The summed E-state index contributed by atoms with van der Waals surface area (Å²) >= 11 is 0. The molecule has 0 saturated carbocycles. The van der Waals surface area contributed by atoms with Crippen LogP contribution in [0.5, 0.6) is 5.75 Å². The van der Waals surface area contributed by atoms with Crippen LogP contribution < -0.4 is 10.1 Å². The minimum atomic E-state index is -0.287. The molecule has 2 saturated heterocycles. The molecule has 1 atom stereocenters. The molecule has 28 heavy (non-hydrogen) atoms. The highest BCUT2D eigenvalue weighted by Gasteiger charge is 2.36. The van der Waals surface area contributed by atoms with E-state index in [1.54, 1.807) is 4.90 Å². The van der Waals surface area contributed by atoms with Crippen molar-refractivity contribution in [2.24, 2.45) is 0 Å². The summed E-state index contributed by atoms with van der Waals surface area (Å²) in [5.74, 6) is 0.993. The van der Waals surface area contributed by atoms with Gasteiger partial charge in [0.2, 0.25) is 5.91 Å². The number of hydrogen-bond acceptors (Lipinski definition) is 3. The normalized spacial score (nSPS) is 19.8. The summed E-state index contributed by atoms with van der Waals surface area (Å²) in [4.78, 5) is 29.1. The molecule has 3 rings (SSSR count). The van der Waals surface area contributed by atoms with Gasteiger partial charge in [-0.3, -0.25) is 4.79 Å². The van der Waals surface area contributed by atoms with E-state index in [0.717, 1.165) is 56.5 Å². The van der Waals surface area contributed by atoms with Crippen LogP contribution in [0.15, 0.2) is 24.3 Å². The van der Waals surface area contributed by atoms with Gasteiger partial charge in [-0.25, -0.2) is 4.79 Å². The first-order chi connectivity index (χ1) is 13.5. The molecule has 0 unspecified atom stereocenters. The molecule has 2 fully saturated rings. The van der Waals surface area contributed by atoms with Crippen LogP contribution in [0.1, 0.15) is 51.5 Å². The molecule has 6 nitrogen and oxygen atoms in total. The summed E-state index contributed by atoms with van der Waals surface area (Å²) in [5, 5.41) is 2.99. The van der Waals surface area contributed by atoms with Crippen molar-refractivity contribution in [1.82, 2.24) is 15.1 Å². The van der Waals surface area contributed by atoms with E-state index in [0.29, 0.717) is 13.1 Å². The fraction of sp³-hybridized carbons (Fsp3) is 0.636. The van der Waals surface area contributed by atoms with Crippen molar-refractivity contribution in [2.75, 3.05) is 26.2 Å². The Kier molecular flexibility index (Phi) is 7.18. The van der Waals surface area contributed by atoms with Crippen LogP contribution in [0, 0.1) is 0 Å². The second-order valence-corrected chi connectivity index (χ2v) is 8.03. The van der Waals surface area contributed by atoms with Gasteiger partial charge in [0.25, 0.3) is 0 Å². The predicted octanol–water partition coefficient (Wildman–Crippen LogP) is 3.20. The van der Waals surface area contributed by atoms with Crippen molar-refractivity contribution >= 4 is 11.9 Å². The summed E-state index contributed by atoms with van der Waals surface area (Å²) in [7, 11) is 0. The van der Waals surface area contributed by atoms with Gasteiger partial charge in [-0.2, -0.15) is 0 Å². The second-order valence-electron chi connectivity index (χ2n) is 8.03. The summed E-state index contributed by atoms with van der Waals surface area (Å²) in [5.41, 5.74) is 1.15. The second kappa shape index (κ2) is 9.80. The Balaban J connectivity index is 1.46. The molecule has 1 N–H and O–H groups in total. The molecule has 1 aromatic rings. The van der Waals surface area contributed by atoms with E-state index in [1.165, 1.54) is 6.42 Å². The Hall–Kier alpha value is -2.24. The van der Waals surface area contributed by atoms with Crippen LogP contribution in [0.3, 0.4) is 0 Å². The zero-order chi connectivity index (χ0) is 19.9. The largest absolute Gasteiger partial charge is 0.491 e. The van der Waals surface area contributed by atoms with Crippen LogP contribution in [-0.4, -0.2) is 60.1 Å². The van der Waals surface area contributed by atoms with E-state index in [-0.39, 0.29) is 24.1 Å². The number of carbonyl (C=O) groups excluding carboxylic acids is 2. The zero-order valence-electron chi connectivity index (χ0n) is 17.2. The van der Waals surface area contributed by atoms with Crippen LogP contribution >= 0.6 is 0 Å². The standard InChI is InChI=1S/C22H33N3O3/c1-17(2)28-19-10-8-18(9-11-19)12-13-23-22(27)25-16-6-7-20(25)21(26)24-14-4-3-5-15-24/h8-11,17,20H,3-7,12-16H2,1-2H3,(H,23,27)/t20-/m0/s1. The number of rotatable bonds is 6. The lowest BCUT2D eigenvalue weighted by molar-refractivity contribution is -0.136. The molecular formula is C22H33N3O3. The van der Waals surface area contributed by atoms with Crippen molar-refractivity contribution in [2.45, 2.75) is 64.5 Å². The number of nitrogens with one attached hydrogen (secondary N) is 1. The Morgan fingerprint density at radius 3 is 2.46 bits per heavy atom. The molecule has 2 aliphatic rings. The van der Waals surface area contributed by atoms with Crippen LogP contribution in [0.25, 0.3) is 0 Å². The Bertz CT molecular complexity index is 653. The summed E-state index contributed by atoms with van der Waals surface area (Å²) < 4.78 is 5.65. The zero-order valence-corrected chi connectivity index (χ0v) is 17.2. The van der Waals surface area contributed by atoms with Gasteiger partial charge >= 0.3 is 6.03 Å². The topological polar surface area (TPSA) is 61.9 Å². The molecule has 2 aliphatic heterocycles. The van der Waals surface area contributed by atoms with E-state index in [1.807, 2.05) is 43.0 Å². The van der Waals surface area contributed by atoms with Crippen LogP contribution in [-0.2, 0) is 11.2 Å². The maximum Gasteiger partial charge on any atom is 0.318 e. The molecule has 0 spiro atoms. The monoisotopic (exact) mass is 387 g/mol. The van der Waals surface area contributed by atoms with Gasteiger partial charge in [-0.1, -0.05) is 12.1 Å². The van der Waals surface area contributed by atoms with Crippen molar-refractivity contribution < 1.29 is 14.3 Å². The minimum Gasteiger partial charge on any atom is -0.491 e. The first-order valence-corrected chi connectivity index (χ1v) is 10.6. The van der Waals surface area contributed by atoms with Gasteiger partial charge in [0.15, 0.2) is 0 Å². The highest BCUT2D eigenvalue weighted by molar-refractivity contribution is 5.87. The summed E-state index contributed by atoms with van der Waals surface area (Å²) in [6.45, 7) is 6.90. The molecule has 6 heteroatoms. The van der Waals surface area contributed by atoms with Gasteiger partial charge in [0, 0.05) is 26.2 Å². The molecular weight excluding hydrogens is 354 g/mol. The van der Waals surface area contributed by atoms with E-state index in [9.17, 15) is 9.59 Å². The molecule has 3 amide bonds. The van der Waals surface area contributed by atoms with E-state index in [4.69, 9.17) is 4.74 Å². The van der Waals surface area contributed by atoms with Crippen molar-refractivity contribution in [1.29, 1.82) is 0 Å². The number of carbonyl (C=O) groups is 2. The van der Waals surface area contributed by atoms with Crippen molar-refractivity contribution in [3.63, 3.8) is 0 Å². The van der Waals surface area contributed by atoms with Crippen LogP contribution in [0.2, 0.25) is 0 Å². The molecule has 154 valence electrons. The Morgan fingerprint density at radius 2 is 1.79 bits per heavy atom. The van der Waals surface area contributed by atoms with E-state index in [2.05, 4.69) is 5.32 Å². The molecule has 2 heterocycles. The van der Waals surface area contributed by atoms with E-state index >= 15 is 0 Å². The van der Waals surface area contributed by atoms with Gasteiger partial charge < -0.3 is 19.9 Å². The molecule has 0 aliphatic carbocycles. The van der Waals surface area contributed by atoms with Crippen molar-refractivity contribution in [3.8, 4) is 5.75 Å². The first kappa shape index (κ1) is 20.5. The number of piperidine rings is 1. The molecule has 0 radical (unpaired) electrons. The molecule has 0 aromatic heterocycles. The maximum atomic E-state index is 12.8. The Morgan fingerprint density at radius 1 is 1.07 bits per heavy atom. The lowest BCUT2D eigenvalue weighted by atomic mass is 10.1. The third-order valence-electron chi connectivity index (χ3n) is 5.45. The number of likely N-dealkylation sites (tertiary alicyclic amines) is 2. The van der Waals surface area contributed by atoms with Gasteiger partial charge in [-0.05, 0) is 70.1 Å². The fourth-order valence-corrected chi connectivity index (χ4v) is 4.01. The SMILES string of the molecule is CC(C)Oc1ccc(CCNC(=O)N2CCC[C@H]2C(=O)N2CCCCC2)cc1. The highest BCUT2D eigenvalue weighted by atomic mass is 16.5. The predicted molar refractivity (Wildman–Crippen MR) is 109 cm³/mol. The number of amides is 3. The smallest absolute Gasteiger partial charge is 0.318 e. The summed E-state index contributed by atoms with van der Waals surface area (Å²) in [6, 6.07) is 7.58. The highest BCUT2D eigenvalue weighted by Crippen LogP contribution is 2.21. The molecule has 0 bridgehead atoms. The van der Waals surface area contributed by atoms with Gasteiger partial charge in [-0.15, -0.1) is 0 Å². The third kappa shape index (κ3) is 5.40. The molecule has 1 aromatic carbocycles. The quantitative estimate of drug-likeness (QED) is 0.815. The first-order valence-electron chi connectivity index (χ1n) is 10.6. The van der Waals surface area contributed by atoms with Crippen LogP contribution in [0.4, 0.5) is 4.79 Å². The lowest BCUT2D eigenvalue weighted by Gasteiger charge is -2.32. The maximum absolute atomic E-state index is 12.8. The Labute approximate surface area is 168 Å². The van der Waals surface area contributed by atoms with Gasteiger partial charge in [0.05, 0.1) is 6.10 Å². The minimum absolute atomic E-state index is 0.118. The van der Waals surface area contributed by atoms with Crippen molar-refractivity contribution in [3.05, 3.63) is 29.8 Å². The number of hydrogen-bond donors (Lipinski definition) is 1. The number of ether oxygens (including phenoxy) is 1. The number of nitrogens with zero attached hydrogens (tertiary/aromatic N) is 2. The van der Waals surface area contributed by atoms with E-state index < -0.39 is 0 Å². The summed E-state index contributed by atoms with van der Waals surface area (Å²) in [6.07, 6.45) is 5.94. The van der Waals surface area contributed by atoms with Gasteiger partial charge in [0.1, 0.15) is 11.8 Å². The number of benzene rings is 1. The fourth-order valence-electron chi connectivity index (χ4n) is 4.01. The number of urea groups is 1. The average molecular weight is 388 g/mol. The average Bonchev–Trinajstić information content (AvgIpc) is 3.19.